The zero-order valence-electron chi connectivity index (χ0n) is 15.8. The molecule has 0 fully saturated rings. The number of phenolic OH excluding ortho intramolecular Hbond substituents is 1. The van der Waals surface area contributed by atoms with E-state index in [-0.39, 0.29) is 23.4 Å². The Morgan fingerprint density at radius 2 is 1.93 bits per heavy atom. The van der Waals surface area contributed by atoms with Gasteiger partial charge in [-0.15, -0.1) is 0 Å². The maximum absolute atomic E-state index is 13.4. The second-order valence-corrected chi connectivity index (χ2v) is 8.07. The summed E-state index contributed by atoms with van der Waals surface area (Å²) < 4.78 is 5.52. The predicted octanol–water partition coefficient (Wildman–Crippen LogP) is 5.30. The molecular formula is C23H19ClN2O3. The number of carbonyl (C=O) groups excluding carboxylic acids is 1. The fourth-order valence-electron chi connectivity index (χ4n) is 4.48. The minimum absolute atomic E-state index is 0.0708. The molecule has 1 aliphatic carbocycles. The third kappa shape index (κ3) is 3.02. The first-order valence-electron chi connectivity index (χ1n) is 9.55. The van der Waals surface area contributed by atoms with Crippen molar-refractivity contribution in [1.29, 1.82) is 0 Å². The van der Waals surface area contributed by atoms with Crippen molar-refractivity contribution in [2.45, 2.75) is 31.6 Å². The monoisotopic (exact) mass is 406 g/mol. The molecule has 1 aromatic heterocycles. The second-order valence-electron chi connectivity index (χ2n) is 7.64. The van der Waals surface area contributed by atoms with Crippen molar-refractivity contribution in [2.75, 3.05) is 5.32 Å². The van der Waals surface area contributed by atoms with Crippen LogP contribution < -0.4 is 5.32 Å². The standard InChI is InChI=1S/C23H19ClN2O3/c1-12-20-21(14-3-2-4-17(27)9-14)22-18(25-23(20)29-26-12)10-15(11-19(22)28)13-5-7-16(24)8-6-13/h2-9,15,21,25,27H,10-11H2,1H3/t15-,21-/m1/s1. The van der Waals surface area contributed by atoms with Crippen LogP contribution in [-0.2, 0) is 4.79 Å². The predicted molar refractivity (Wildman–Crippen MR) is 110 cm³/mol. The number of ketones is 1. The SMILES string of the molecule is Cc1noc2c1[C@@H](c1cccc(O)c1)C1=C(C[C@@H](c3ccc(Cl)cc3)CC1=O)N2. The number of fused-ring (bicyclic) bond motifs is 1. The fourth-order valence-corrected chi connectivity index (χ4v) is 4.61. The van der Waals surface area contributed by atoms with E-state index >= 15 is 0 Å². The summed E-state index contributed by atoms with van der Waals surface area (Å²) in [6.07, 6.45) is 1.12. The molecule has 2 aliphatic rings. The number of carbonyl (C=O) groups is 1. The lowest BCUT2D eigenvalue weighted by molar-refractivity contribution is -0.116. The lowest BCUT2D eigenvalue weighted by atomic mass is 9.72. The van der Waals surface area contributed by atoms with Gasteiger partial charge in [0.1, 0.15) is 5.75 Å². The number of hydrogen-bond acceptors (Lipinski definition) is 5. The maximum atomic E-state index is 13.4. The highest BCUT2D eigenvalue weighted by Gasteiger charge is 2.41. The van der Waals surface area contributed by atoms with Crippen molar-refractivity contribution in [1.82, 2.24) is 5.16 Å². The highest BCUT2D eigenvalue weighted by molar-refractivity contribution is 6.30. The van der Waals surface area contributed by atoms with Gasteiger partial charge in [-0.2, -0.15) is 0 Å². The van der Waals surface area contributed by atoms with Crippen LogP contribution in [0.2, 0.25) is 5.02 Å². The molecular weight excluding hydrogens is 388 g/mol. The van der Waals surface area contributed by atoms with Crippen LogP contribution in [0.4, 0.5) is 5.88 Å². The van der Waals surface area contributed by atoms with Crippen molar-refractivity contribution in [2.24, 2.45) is 0 Å². The van der Waals surface area contributed by atoms with E-state index in [0.29, 0.717) is 23.7 Å². The van der Waals surface area contributed by atoms with Crippen LogP contribution in [0.15, 0.2) is 64.3 Å². The summed E-state index contributed by atoms with van der Waals surface area (Å²) >= 11 is 6.02. The van der Waals surface area contributed by atoms with Crippen molar-refractivity contribution in [3.8, 4) is 5.75 Å². The number of aromatic hydroxyl groups is 1. The van der Waals surface area contributed by atoms with Crippen LogP contribution in [0, 0.1) is 6.92 Å². The average molecular weight is 407 g/mol. The van der Waals surface area contributed by atoms with Gasteiger partial charge in [-0.1, -0.05) is 41.0 Å². The van der Waals surface area contributed by atoms with E-state index in [4.69, 9.17) is 16.1 Å². The van der Waals surface area contributed by atoms with Gasteiger partial charge in [-0.3, -0.25) is 4.79 Å². The molecule has 5 rings (SSSR count). The summed E-state index contributed by atoms with van der Waals surface area (Å²) in [5.41, 5.74) is 5.12. The fraction of sp³-hybridized carbons (Fsp3) is 0.217. The van der Waals surface area contributed by atoms with E-state index in [9.17, 15) is 9.90 Å². The molecule has 5 nitrogen and oxygen atoms in total. The number of hydrogen-bond donors (Lipinski definition) is 2. The van der Waals surface area contributed by atoms with E-state index in [1.54, 1.807) is 18.2 Å². The van der Waals surface area contributed by atoms with Gasteiger partial charge in [-0.05, 0) is 54.7 Å². The Morgan fingerprint density at radius 1 is 1.14 bits per heavy atom. The number of aryl methyl sites for hydroxylation is 1. The average Bonchev–Trinajstić information content (AvgIpc) is 3.07. The summed E-state index contributed by atoms with van der Waals surface area (Å²) in [6, 6.07) is 14.7. The number of rotatable bonds is 2. The molecule has 2 N–H and O–H groups in total. The summed E-state index contributed by atoms with van der Waals surface area (Å²) in [7, 11) is 0. The topological polar surface area (TPSA) is 75.4 Å². The van der Waals surface area contributed by atoms with Crippen molar-refractivity contribution < 1.29 is 14.4 Å². The molecule has 0 saturated carbocycles. The van der Waals surface area contributed by atoms with Crippen LogP contribution in [0.5, 0.6) is 5.75 Å². The van der Waals surface area contributed by atoms with Gasteiger partial charge in [0.2, 0.25) is 5.88 Å². The normalized spacial score (nSPS) is 20.8. The first kappa shape index (κ1) is 18.0. The number of benzene rings is 2. The minimum Gasteiger partial charge on any atom is -0.508 e. The summed E-state index contributed by atoms with van der Waals surface area (Å²) in [6.45, 7) is 1.87. The molecule has 2 heterocycles. The number of Topliss-reactive ketones (excluding diaryl/α,β-unsaturated/α-hetero) is 1. The number of halogens is 1. The molecule has 6 heteroatoms. The Balaban J connectivity index is 1.62. The quantitative estimate of drug-likeness (QED) is 0.604. The molecule has 146 valence electrons. The first-order chi connectivity index (χ1) is 14.0. The van der Waals surface area contributed by atoms with Gasteiger partial charge >= 0.3 is 0 Å². The summed E-state index contributed by atoms with van der Waals surface area (Å²) in [5, 5.41) is 18.1. The Kier molecular flexibility index (Phi) is 4.21. The highest BCUT2D eigenvalue weighted by Crippen LogP contribution is 2.49. The minimum atomic E-state index is -0.307. The molecule has 1 aliphatic heterocycles. The molecule has 0 saturated heterocycles. The van der Waals surface area contributed by atoms with Crippen LogP contribution >= 0.6 is 11.6 Å². The van der Waals surface area contributed by atoms with E-state index < -0.39 is 0 Å². The Bertz CT molecular complexity index is 1150. The van der Waals surface area contributed by atoms with Gasteiger partial charge in [0.05, 0.1) is 11.3 Å². The Labute approximate surface area is 173 Å². The Hall–Kier alpha value is -3.05. The molecule has 29 heavy (non-hydrogen) atoms. The third-order valence-electron chi connectivity index (χ3n) is 5.80. The van der Waals surface area contributed by atoms with E-state index in [0.717, 1.165) is 33.7 Å². The molecule has 2 atom stereocenters. The third-order valence-corrected chi connectivity index (χ3v) is 6.05. The number of anilines is 1. The molecule has 3 aromatic rings. The molecule has 2 aromatic carbocycles. The van der Waals surface area contributed by atoms with Crippen molar-refractivity contribution in [3.63, 3.8) is 0 Å². The zero-order chi connectivity index (χ0) is 20.1. The second kappa shape index (κ2) is 6.78. The van der Waals surface area contributed by atoms with E-state index in [1.165, 1.54) is 0 Å². The molecule has 0 radical (unpaired) electrons. The van der Waals surface area contributed by atoms with Crippen LogP contribution in [0.1, 0.15) is 47.1 Å². The summed E-state index contributed by atoms with van der Waals surface area (Å²) in [5.74, 6) is 0.596. The van der Waals surface area contributed by atoms with E-state index in [1.807, 2.05) is 37.3 Å². The molecule has 0 spiro atoms. The van der Waals surface area contributed by atoms with Gasteiger partial charge in [0, 0.05) is 28.6 Å². The van der Waals surface area contributed by atoms with Gasteiger partial charge < -0.3 is 14.9 Å². The number of nitrogens with zero attached hydrogens (tertiary/aromatic N) is 1. The largest absolute Gasteiger partial charge is 0.508 e. The number of aromatic nitrogens is 1. The van der Waals surface area contributed by atoms with Crippen LogP contribution in [0.3, 0.4) is 0 Å². The highest BCUT2D eigenvalue weighted by atomic mass is 35.5. The summed E-state index contributed by atoms with van der Waals surface area (Å²) in [4.78, 5) is 13.4. The first-order valence-corrected chi connectivity index (χ1v) is 9.93. The van der Waals surface area contributed by atoms with Gasteiger partial charge in [0.25, 0.3) is 0 Å². The van der Waals surface area contributed by atoms with Crippen LogP contribution in [-0.4, -0.2) is 16.0 Å². The molecule has 0 amide bonds. The number of allylic oxidation sites excluding steroid dienone is 2. The lowest BCUT2D eigenvalue weighted by Gasteiger charge is -2.34. The smallest absolute Gasteiger partial charge is 0.233 e. The zero-order valence-corrected chi connectivity index (χ0v) is 16.5. The van der Waals surface area contributed by atoms with Gasteiger partial charge in [0.15, 0.2) is 5.78 Å². The van der Waals surface area contributed by atoms with Gasteiger partial charge in [-0.25, -0.2) is 0 Å². The number of nitrogens with one attached hydrogen (secondary N) is 1. The lowest BCUT2D eigenvalue weighted by Crippen LogP contribution is -2.29. The number of phenols is 1. The Morgan fingerprint density at radius 3 is 2.69 bits per heavy atom. The molecule has 0 bridgehead atoms. The van der Waals surface area contributed by atoms with Crippen LogP contribution in [0.25, 0.3) is 0 Å². The molecule has 0 unspecified atom stereocenters. The van der Waals surface area contributed by atoms with Crippen molar-refractivity contribution >= 4 is 23.3 Å². The van der Waals surface area contributed by atoms with Crippen molar-refractivity contribution in [3.05, 3.63) is 87.2 Å². The van der Waals surface area contributed by atoms with E-state index in [2.05, 4.69) is 10.5 Å². The maximum Gasteiger partial charge on any atom is 0.233 e.